The Morgan fingerprint density at radius 1 is 1.19 bits per heavy atom. The van der Waals surface area contributed by atoms with Gasteiger partial charge in [0, 0.05) is 17.3 Å². The van der Waals surface area contributed by atoms with Gasteiger partial charge in [-0.1, -0.05) is 41.4 Å². The van der Waals surface area contributed by atoms with Crippen LogP contribution in [0.15, 0.2) is 42.5 Å². The van der Waals surface area contributed by atoms with Crippen molar-refractivity contribution in [2.45, 2.75) is 12.8 Å². The van der Waals surface area contributed by atoms with E-state index in [0.717, 1.165) is 34.7 Å². The zero-order valence-electron chi connectivity index (χ0n) is 14.2. The van der Waals surface area contributed by atoms with E-state index < -0.39 is 10.0 Å². The number of hydrogen-bond acceptors (Lipinski definition) is 3. The molecule has 1 aliphatic rings. The maximum absolute atomic E-state index is 12.9. The topological polar surface area (TPSA) is 57.7 Å². The number of benzene rings is 2. The molecule has 5 nitrogen and oxygen atoms in total. The molecule has 0 unspecified atom stereocenters. The maximum atomic E-state index is 12.9. The van der Waals surface area contributed by atoms with Gasteiger partial charge in [0.25, 0.3) is 0 Å². The van der Waals surface area contributed by atoms with E-state index >= 15 is 0 Å². The van der Waals surface area contributed by atoms with Crippen LogP contribution in [0.2, 0.25) is 10.0 Å². The van der Waals surface area contributed by atoms with Crippen molar-refractivity contribution < 1.29 is 13.2 Å². The molecule has 8 heteroatoms. The average molecular weight is 413 g/mol. The Morgan fingerprint density at radius 3 is 2.62 bits per heavy atom. The van der Waals surface area contributed by atoms with Crippen LogP contribution in [0.5, 0.6) is 0 Å². The van der Waals surface area contributed by atoms with Gasteiger partial charge in [-0.2, -0.15) is 0 Å². The first-order chi connectivity index (χ1) is 12.3. The highest BCUT2D eigenvalue weighted by atomic mass is 35.5. The highest BCUT2D eigenvalue weighted by Gasteiger charge is 2.28. The molecule has 0 fully saturated rings. The summed E-state index contributed by atoms with van der Waals surface area (Å²) < 4.78 is 25.6. The van der Waals surface area contributed by atoms with E-state index in [-0.39, 0.29) is 23.2 Å². The molecule has 26 heavy (non-hydrogen) atoms. The standard InChI is InChI=1S/C18H18Cl2N2O3S/c1-26(24,25)22(17-9-8-14(19)11-15(17)20)12-18(23)21-10-4-6-13-5-2-3-7-16(13)21/h2-3,5,7-9,11H,4,6,10,12H2,1H3. The number of para-hydroxylation sites is 1. The summed E-state index contributed by atoms with van der Waals surface area (Å²) >= 11 is 12.1. The lowest BCUT2D eigenvalue weighted by molar-refractivity contribution is -0.117. The molecule has 138 valence electrons. The first-order valence-electron chi connectivity index (χ1n) is 8.08. The number of sulfonamides is 1. The van der Waals surface area contributed by atoms with Gasteiger partial charge in [0.2, 0.25) is 15.9 Å². The van der Waals surface area contributed by atoms with Crippen LogP contribution in [0.4, 0.5) is 11.4 Å². The minimum atomic E-state index is -3.71. The number of halogens is 2. The molecule has 3 rings (SSSR count). The van der Waals surface area contributed by atoms with Crippen LogP contribution >= 0.6 is 23.2 Å². The van der Waals surface area contributed by atoms with E-state index in [1.165, 1.54) is 12.1 Å². The number of anilines is 2. The Balaban J connectivity index is 1.92. The summed E-state index contributed by atoms with van der Waals surface area (Å²) in [6.07, 6.45) is 2.79. The van der Waals surface area contributed by atoms with Crippen molar-refractivity contribution in [2.24, 2.45) is 0 Å². The molecule has 0 aromatic heterocycles. The number of fused-ring (bicyclic) bond motifs is 1. The van der Waals surface area contributed by atoms with E-state index in [1.54, 1.807) is 11.0 Å². The number of carbonyl (C=O) groups excluding carboxylic acids is 1. The van der Waals surface area contributed by atoms with E-state index in [0.29, 0.717) is 11.6 Å². The van der Waals surface area contributed by atoms with Crippen LogP contribution in [0.25, 0.3) is 0 Å². The second kappa shape index (κ2) is 7.47. The summed E-state index contributed by atoms with van der Waals surface area (Å²) in [4.78, 5) is 14.6. The number of carbonyl (C=O) groups is 1. The van der Waals surface area contributed by atoms with E-state index in [2.05, 4.69) is 0 Å². The van der Waals surface area contributed by atoms with Crippen molar-refractivity contribution in [2.75, 3.05) is 28.6 Å². The molecule has 1 heterocycles. The number of rotatable bonds is 4. The molecular formula is C18H18Cl2N2O3S. The van der Waals surface area contributed by atoms with Gasteiger partial charge >= 0.3 is 0 Å². The Hall–Kier alpha value is -1.76. The number of hydrogen-bond donors (Lipinski definition) is 0. The quantitative estimate of drug-likeness (QED) is 0.768. The van der Waals surface area contributed by atoms with Gasteiger partial charge in [0.05, 0.1) is 17.0 Å². The van der Waals surface area contributed by atoms with Crippen molar-refractivity contribution in [1.29, 1.82) is 0 Å². The Morgan fingerprint density at radius 2 is 1.92 bits per heavy atom. The fourth-order valence-electron chi connectivity index (χ4n) is 3.07. The number of nitrogens with zero attached hydrogens (tertiary/aromatic N) is 2. The normalized spacial score (nSPS) is 14.0. The molecule has 0 spiro atoms. The summed E-state index contributed by atoms with van der Waals surface area (Å²) in [6.45, 7) is 0.232. The molecule has 0 bridgehead atoms. The first kappa shape index (κ1) is 19.0. The molecular weight excluding hydrogens is 395 g/mol. The zero-order chi connectivity index (χ0) is 18.9. The van der Waals surface area contributed by atoms with Crippen LogP contribution in [0.1, 0.15) is 12.0 Å². The highest BCUT2D eigenvalue weighted by molar-refractivity contribution is 7.92. The maximum Gasteiger partial charge on any atom is 0.247 e. The third-order valence-electron chi connectivity index (χ3n) is 4.27. The summed E-state index contributed by atoms with van der Waals surface area (Å²) in [5.74, 6) is -0.298. The molecule has 0 saturated heterocycles. The lowest BCUT2D eigenvalue weighted by Crippen LogP contribution is -2.44. The van der Waals surface area contributed by atoms with Gasteiger partial charge in [0.15, 0.2) is 0 Å². The molecule has 0 atom stereocenters. The van der Waals surface area contributed by atoms with E-state index in [9.17, 15) is 13.2 Å². The Bertz CT molecular complexity index is 947. The van der Waals surface area contributed by atoms with Crippen LogP contribution in [-0.4, -0.2) is 33.7 Å². The number of aryl methyl sites for hydroxylation is 1. The van der Waals surface area contributed by atoms with Crippen LogP contribution in [0.3, 0.4) is 0 Å². The van der Waals surface area contributed by atoms with Gasteiger partial charge in [-0.25, -0.2) is 8.42 Å². The first-order valence-corrected chi connectivity index (χ1v) is 10.7. The largest absolute Gasteiger partial charge is 0.311 e. The third-order valence-corrected chi connectivity index (χ3v) is 5.93. The van der Waals surface area contributed by atoms with Gasteiger partial charge < -0.3 is 4.90 Å². The molecule has 0 N–H and O–H groups in total. The predicted molar refractivity (Wildman–Crippen MR) is 106 cm³/mol. The summed E-state index contributed by atoms with van der Waals surface area (Å²) in [5.41, 5.74) is 2.15. The molecule has 0 radical (unpaired) electrons. The lowest BCUT2D eigenvalue weighted by atomic mass is 10.0. The smallest absolute Gasteiger partial charge is 0.247 e. The van der Waals surface area contributed by atoms with Gasteiger partial charge in [0.1, 0.15) is 6.54 Å². The second-order valence-corrected chi connectivity index (χ2v) is 8.89. The molecule has 0 saturated carbocycles. The fourth-order valence-corrected chi connectivity index (χ4v) is 4.49. The molecule has 1 amide bonds. The SMILES string of the molecule is CS(=O)(=O)N(CC(=O)N1CCCc2ccccc21)c1ccc(Cl)cc1Cl. The average Bonchev–Trinajstić information content (AvgIpc) is 2.58. The molecule has 2 aromatic carbocycles. The zero-order valence-corrected chi connectivity index (χ0v) is 16.5. The Labute approximate surface area is 163 Å². The minimum Gasteiger partial charge on any atom is -0.311 e. The van der Waals surface area contributed by atoms with Crippen LogP contribution in [-0.2, 0) is 21.2 Å². The Kier molecular flexibility index (Phi) is 5.46. The van der Waals surface area contributed by atoms with Crippen molar-refractivity contribution in [3.8, 4) is 0 Å². The van der Waals surface area contributed by atoms with Crippen molar-refractivity contribution in [3.63, 3.8) is 0 Å². The van der Waals surface area contributed by atoms with Crippen LogP contribution < -0.4 is 9.21 Å². The van der Waals surface area contributed by atoms with Gasteiger partial charge in [-0.15, -0.1) is 0 Å². The third kappa shape index (κ3) is 3.98. The van der Waals surface area contributed by atoms with Crippen LogP contribution in [0, 0.1) is 0 Å². The van der Waals surface area contributed by atoms with Gasteiger partial charge in [-0.05, 0) is 42.7 Å². The lowest BCUT2D eigenvalue weighted by Gasteiger charge is -2.32. The predicted octanol–water partition coefficient (Wildman–Crippen LogP) is 3.74. The molecule has 2 aromatic rings. The molecule has 0 aliphatic carbocycles. The second-order valence-electron chi connectivity index (χ2n) is 6.14. The van der Waals surface area contributed by atoms with Crippen molar-refractivity contribution in [1.82, 2.24) is 0 Å². The van der Waals surface area contributed by atoms with Crippen molar-refractivity contribution >= 4 is 50.5 Å². The minimum absolute atomic E-state index is 0.176. The summed E-state index contributed by atoms with van der Waals surface area (Å²) in [7, 11) is -3.71. The number of amides is 1. The monoisotopic (exact) mass is 412 g/mol. The molecule has 1 aliphatic heterocycles. The van der Waals surface area contributed by atoms with E-state index in [1.807, 2.05) is 24.3 Å². The fraction of sp³-hybridized carbons (Fsp3) is 0.278. The van der Waals surface area contributed by atoms with Gasteiger partial charge in [-0.3, -0.25) is 9.10 Å². The van der Waals surface area contributed by atoms with E-state index in [4.69, 9.17) is 23.2 Å². The van der Waals surface area contributed by atoms with Crippen molar-refractivity contribution in [3.05, 3.63) is 58.1 Å². The summed E-state index contributed by atoms with van der Waals surface area (Å²) in [5, 5.41) is 0.568. The highest BCUT2D eigenvalue weighted by Crippen LogP contribution is 2.31. The summed E-state index contributed by atoms with van der Waals surface area (Å²) in [6, 6.07) is 12.2.